The van der Waals surface area contributed by atoms with Crippen molar-refractivity contribution in [3.8, 4) is 0 Å². The molecule has 1 saturated heterocycles. The Balaban J connectivity index is 2.01. The van der Waals surface area contributed by atoms with E-state index in [4.69, 9.17) is 0 Å². The van der Waals surface area contributed by atoms with Crippen LogP contribution in [0.5, 0.6) is 0 Å². The minimum absolute atomic E-state index is 0.157. The van der Waals surface area contributed by atoms with Crippen LogP contribution in [-0.2, 0) is 14.6 Å². The zero-order valence-corrected chi connectivity index (χ0v) is 13.9. The second-order valence-electron chi connectivity index (χ2n) is 6.75. The van der Waals surface area contributed by atoms with E-state index in [1.807, 2.05) is 0 Å². The third kappa shape index (κ3) is 3.53. The Hall–Kier alpha value is -1.31. The standard InChI is InChI=1S/C14H24N2O5S/c1-14(12(17)18)7-8-16(9-14)13(19)15-10-5-3-4-6-11(10)22(2,20)21/h10-11H,3-9H2,1-2H3,(H,15,19)(H,17,18)/t10-,11-,14?/m1/s1. The fourth-order valence-electron chi connectivity index (χ4n) is 3.33. The highest BCUT2D eigenvalue weighted by Gasteiger charge is 2.43. The van der Waals surface area contributed by atoms with Crippen molar-refractivity contribution in [1.29, 1.82) is 0 Å². The number of hydrogen-bond donors (Lipinski definition) is 2. The highest BCUT2D eigenvalue weighted by molar-refractivity contribution is 7.91. The van der Waals surface area contributed by atoms with Gasteiger partial charge in [0.1, 0.15) is 0 Å². The van der Waals surface area contributed by atoms with Crippen LogP contribution >= 0.6 is 0 Å². The van der Waals surface area contributed by atoms with Crippen LogP contribution in [-0.4, -0.2) is 61.1 Å². The van der Waals surface area contributed by atoms with Crippen LogP contribution < -0.4 is 5.32 Å². The van der Waals surface area contributed by atoms with Crippen LogP contribution in [0.1, 0.15) is 39.0 Å². The topological polar surface area (TPSA) is 104 Å². The van der Waals surface area contributed by atoms with Crippen LogP contribution in [0, 0.1) is 5.41 Å². The van der Waals surface area contributed by atoms with Gasteiger partial charge >= 0.3 is 12.0 Å². The van der Waals surface area contributed by atoms with Gasteiger partial charge in [0.2, 0.25) is 0 Å². The molecule has 1 unspecified atom stereocenters. The number of rotatable bonds is 3. The summed E-state index contributed by atoms with van der Waals surface area (Å²) in [5, 5.41) is 11.5. The van der Waals surface area contributed by atoms with Gasteiger partial charge in [-0.1, -0.05) is 12.8 Å². The Morgan fingerprint density at radius 3 is 2.45 bits per heavy atom. The third-order valence-corrected chi connectivity index (χ3v) is 6.50. The van der Waals surface area contributed by atoms with Crippen molar-refractivity contribution in [3.05, 3.63) is 0 Å². The lowest BCUT2D eigenvalue weighted by Crippen LogP contribution is -2.52. The Labute approximate surface area is 131 Å². The predicted octanol–water partition coefficient (Wildman–Crippen LogP) is 0.848. The molecule has 0 aromatic carbocycles. The van der Waals surface area contributed by atoms with Crippen molar-refractivity contribution in [1.82, 2.24) is 10.2 Å². The molecule has 0 spiro atoms. The molecule has 1 heterocycles. The molecule has 126 valence electrons. The number of carbonyl (C=O) groups is 2. The number of carbonyl (C=O) groups excluding carboxylic acids is 1. The number of nitrogens with zero attached hydrogens (tertiary/aromatic N) is 1. The molecule has 1 aliphatic heterocycles. The molecule has 0 aromatic heterocycles. The average molecular weight is 332 g/mol. The molecule has 2 aliphatic rings. The zero-order chi connectivity index (χ0) is 16.5. The van der Waals surface area contributed by atoms with E-state index in [9.17, 15) is 23.1 Å². The lowest BCUT2D eigenvalue weighted by molar-refractivity contribution is -0.147. The molecule has 7 nitrogen and oxygen atoms in total. The first-order valence-electron chi connectivity index (χ1n) is 7.61. The minimum Gasteiger partial charge on any atom is -0.481 e. The van der Waals surface area contributed by atoms with Gasteiger partial charge in [-0.25, -0.2) is 13.2 Å². The second-order valence-corrected chi connectivity index (χ2v) is 9.01. The van der Waals surface area contributed by atoms with Crippen molar-refractivity contribution in [2.75, 3.05) is 19.3 Å². The Bertz CT molecular complexity index is 562. The van der Waals surface area contributed by atoms with E-state index in [1.165, 1.54) is 11.2 Å². The lowest BCUT2D eigenvalue weighted by atomic mass is 9.90. The molecular formula is C14H24N2O5S. The van der Waals surface area contributed by atoms with Crippen LogP contribution in [0.3, 0.4) is 0 Å². The Kier molecular flexibility index (Phi) is 4.70. The van der Waals surface area contributed by atoms with Crippen molar-refractivity contribution in [2.45, 2.75) is 50.3 Å². The van der Waals surface area contributed by atoms with Crippen LogP contribution in [0.15, 0.2) is 0 Å². The van der Waals surface area contributed by atoms with Gasteiger partial charge in [0.15, 0.2) is 9.84 Å². The van der Waals surface area contributed by atoms with Crippen LogP contribution in [0.4, 0.5) is 4.79 Å². The third-order valence-electron chi connectivity index (χ3n) is 4.84. The number of carboxylic acids is 1. The molecule has 2 N–H and O–H groups in total. The molecule has 0 radical (unpaired) electrons. The van der Waals surface area contributed by atoms with Gasteiger partial charge in [0.25, 0.3) is 0 Å². The number of carboxylic acid groups (broad SMARTS) is 1. The summed E-state index contributed by atoms with van der Waals surface area (Å²) >= 11 is 0. The second kappa shape index (κ2) is 6.06. The van der Waals surface area contributed by atoms with E-state index >= 15 is 0 Å². The number of hydrogen-bond acceptors (Lipinski definition) is 4. The van der Waals surface area contributed by atoms with Crippen molar-refractivity contribution in [3.63, 3.8) is 0 Å². The average Bonchev–Trinajstić information content (AvgIpc) is 2.82. The highest BCUT2D eigenvalue weighted by Crippen LogP contribution is 2.30. The van der Waals surface area contributed by atoms with Crippen molar-refractivity contribution < 1.29 is 23.1 Å². The van der Waals surface area contributed by atoms with Gasteiger partial charge in [-0.3, -0.25) is 4.79 Å². The van der Waals surface area contributed by atoms with Crippen molar-refractivity contribution >= 4 is 21.8 Å². The maximum absolute atomic E-state index is 12.3. The fourth-order valence-corrected chi connectivity index (χ4v) is 4.73. The quantitative estimate of drug-likeness (QED) is 0.797. The summed E-state index contributed by atoms with van der Waals surface area (Å²) in [6.45, 7) is 2.16. The summed E-state index contributed by atoms with van der Waals surface area (Å²) in [6, 6.07) is -0.738. The molecular weight excluding hydrogens is 308 g/mol. The first-order chi connectivity index (χ1) is 10.1. The molecule has 0 aromatic rings. The smallest absolute Gasteiger partial charge is 0.317 e. The predicted molar refractivity (Wildman–Crippen MR) is 81.4 cm³/mol. The Morgan fingerprint density at radius 1 is 1.27 bits per heavy atom. The van der Waals surface area contributed by atoms with Gasteiger partial charge < -0.3 is 15.3 Å². The fraction of sp³-hybridized carbons (Fsp3) is 0.857. The van der Waals surface area contributed by atoms with E-state index in [0.29, 0.717) is 25.8 Å². The first-order valence-corrected chi connectivity index (χ1v) is 9.57. The molecule has 2 fully saturated rings. The van der Waals surface area contributed by atoms with E-state index in [1.54, 1.807) is 6.92 Å². The van der Waals surface area contributed by atoms with Gasteiger partial charge in [-0.15, -0.1) is 0 Å². The molecule has 1 saturated carbocycles. The molecule has 3 atom stereocenters. The first kappa shape index (κ1) is 17.1. The van der Waals surface area contributed by atoms with Gasteiger partial charge in [0.05, 0.1) is 10.7 Å². The summed E-state index contributed by atoms with van der Waals surface area (Å²) in [7, 11) is -3.21. The van der Waals surface area contributed by atoms with E-state index < -0.39 is 26.5 Å². The van der Waals surface area contributed by atoms with Gasteiger partial charge in [-0.2, -0.15) is 0 Å². The summed E-state index contributed by atoms with van der Waals surface area (Å²) in [4.78, 5) is 25.0. The molecule has 2 rings (SSSR count). The Morgan fingerprint density at radius 2 is 1.91 bits per heavy atom. The number of nitrogens with one attached hydrogen (secondary N) is 1. The summed E-state index contributed by atoms with van der Waals surface area (Å²) < 4.78 is 23.7. The van der Waals surface area contributed by atoms with E-state index in [-0.39, 0.29) is 18.6 Å². The normalized spacial score (nSPS) is 32.7. The maximum atomic E-state index is 12.3. The SMILES string of the molecule is CC1(C(=O)O)CCN(C(=O)N[C@@H]2CCCC[C@H]2S(C)(=O)=O)C1. The number of urea groups is 1. The largest absolute Gasteiger partial charge is 0.481 e. The number of aliphatic carboxylic acids is 1. The number of amides is 2. The number of sulfone groups is 1. The molecule has 1 aliphatic carbocycles. The van der Waals surface area contributed by atoms with E-state index in [0.717, 1.165) is 12.8 Å². The minimum atomic E-state index is -3.21. The summed E-state index contributed by atoms with van der Waals surface area (Å²) in [5.74, 6) is -0.908. The van der Waals surface area contributed by atoms with Crippen LogP contribution in [0.2, 0.25) is 0 Å². The summed E-state index contributed by atoms with van der Waals surface area (Å²) in [5.41, 5.74) is -0.917. The lowest BCUT2D eigenvalue weighted by Gasteiger charge is -2.32. The molecule has 22 heavy (non-hydrogen) atoms. The zero-order valence-electron chi connectivity index (χ0n) is 13.0. The highest BCUT2D eigenvalue weighted by atomic mass is 32.2. The van der Waals surface area contributed by atoms with Crippen molar-refractivity contribution in [2.24, 2.45) is 5.41 Å². The summed E-state index contributed by atoms with van der Waals surface area (Å²) in [6.07, 6.45) is 4.58. The van der Waals surface area contributed by atoms with Gasteiger partial charge in [-0.05, 0) is 26.2 Å². The molecule has 8 heteroatoms. The number of likely N-dealkylation sites (tertiary alicyclic amines) is 1. The molecule has 0 bridgehead atoms. The molecule has 2 amide bonds. The van der Waals surface area contributed by atoms with E-state index in [2.05, 4.69) is 5.32 Å². The van der Waals surface area contributed by atoms with Gasteiger partial charge in [0, 0.05) is 25.4 Å². The maximum Gasteiger partial charge on any atom is 0.317 e. The van der Waals surface area contributed by atoms with Crippen LogP contribution in [0.25, 0.3) is 0 Å². The monoisotopic (exact) mass is 332 g/mol.